The monoisotopic (exact) mass is 350 g/mol. The molecule has 0 aliphatic carbocycles. The van der Waals surface area contributed by atoms with Gasteiger partial charge in [0, 0.05) is 22.4 Å². The maximum Gasteiger partial charge on any atom is 0.129 e. The molecule has 6 heteroatoms. The van der Waals surface area contributed by atoms with E-state index < -0.39 is 0 Å². The van der Waals surface area contributed by atoms with E-state index in [1.165, 1.54) is 12.1 Å². The summed E-state index contributed by atoms with van der Waals surface area (Å²) >= 11 is 6.15. The van der Waals surface area contributed by atoms with Crippen LogP contribution in [0.4, 0.5) is 4.39 Å². The zero-order chi connectivity index (χ0) is 17.7. The summed E-state index contributed by atoms with van der Waals surface area (Å²) in [6, 6.07) is 9.18. The summed E-state index contributed by atoms with van der Waals surface area (Å²) in [6.45, 7) is 0.296. The smallest absolute Gasteiger partial charge is 0.129 e. The van der Waals surface area contributed by atoms with Crippen molar-refractivity contribution in [2.75, 3.05) is 27.7 Å². The molecule has 128 valence electrons. The van der Waals surface area contributed by atoms with E-state index in [1.54, 1.807) is 37.6 Å². The average molecular weight is 351 g/mol. The summed E-state index contributed by atoms with van der Waals surface area (Å²) < 4.78 is 19.3. The summed E-state index contributed by atoms with van der Waals surface area (Å²) in [5, 5.41) is 10.2. The maximum absolute atomic E-state index is 14.2. The van der Waals surface area contributed by atoms with Crippen LogP contribution in [0.2, 0.25) is 5.02 Å². The third-order valence-electron chi connectivity index (χ3n) is 3.70. The molecule has 0 heterocycles. The molecule has 1 N–H and O–H groups in total. The van der Waals surface area contributed by atoms with Crippen molar-refractivity contribution >= 4 is 17.8 Å². The first-order chi connectivity index (χ1) is 11.4. The highest BCUT2D eigenvalue weighted by Gasteiger charge is 2.20. The van der Waals surface area contributed by atoms with E-state index in [0.717, 1.165) is 0 Å². The van der Waals surface area contributed by atoms with Gasteiger partial charge in [0.1, 0.15) is 17.3 Å². The molecule has 0 bridgehead atoms. The van der Waals surface area contributed by atoms with Gasteiger partial charge >= 0.3 is 0 Å². The van der Waals surface area contributed by atoms with Crippen LogP contribution in [0.15, 0.2) is 41.4 Å². The van der Waals surface area contributed by atoms with Gasteiger partial charge in [0.2, 0.25) is 0 Å². The van der Waals surface area contributed by atoms with Gasteiger partial charge in [-0.05, 0) is 44.4 Å². The van der Waals surface area contributed by atoms with Crippen LogP contribution in [0, 0.1) is 5.82 Å². The van der Waals surface area contributed by atoms with Crippen LogP contribution in [0.5, 0.6) is 11.5 Å². The Balaban J connectivity index is 2.24. The van der Waals surface area contributed by atoms with Crippen molar-refractivity contribution in [1.29, 1.82) is 0 Å². The predicted molar refractivity (Wildman–Crippen MR) is 95.0 cm³/mol. The largest absolute Gasteiger partial charge is 0.507 e. The number of halogens is 2. The van der Waals surface area contributed by atoms with Gasteiger partial charge in [0.15, 0.2) is 0 Å². The van der Waals surface area contributed by atoms with Crippen molar-refractivity contribution in [3.63, 3.8) is 0 Å². The molecule has 0 aliphatic heterocycles. The number of likely N-dealkylation sites (N-methyl/N-ethyl adjacent to an activating group) is 1. The molecule has 0 aliphatic rings. The molecule has 0 fully saturated rings. The van der Waals surface area contributed by atoms with Gasteiger partial charge in [-0.1, -0.05) is 17.7 Å². The lowest BCUT2D eigenvalue weighted by molar-refractivity contribution is 0.299. The van der Waals surface area contributed by atoms with Crippen molar-refractivity contribution in [3.8, 4) is 11.5 Å². The number of hydrogen-bond donors (Lipinski definition) is 1. The van der Waals surface area contributed by atoms with E-state index in [0.29, 0.717) is 28.4 Å². The minimum atomic E-state index is -0.361. The molecule has 0 saturated heterocycles. The molecule has 0 amide bonds. The van der Waals surface area contributed by atoms with Crippen LogP contribution in [0.25, 0.3) is 0 Å². The Labute approximate surface area is 146 Å². The second kappa shape index (κ2) is 8.13. The van der Waals surface area contributed by atoms with E-state index in [1.807, 2.05) is 19.0 Å². The molecule has 0 saturated carbocycles. The Bertz CT molecular complexity index is 715. The summed E-state index contributed by atoms with van der Waals surface area (Å²) in [7, 11) is 5.23. The fourth-order valence-electron chi connectivity index (χ4n) is 2.36. The van der Waals surface area contributed by atoms with E-state index in [4.69, 9.17) is 16.3 Å². The minimum absolute atomic E-state index is 0.102. The first kappa shape index (κ1) is 18.2. The molecular formula is C18H20ClFN2O2. The summed E-state index contributed by atoms with van der Waals surface area (Å²) in [5.41, 5.74) is 0.947. The third-order valence-corrected chi connectivity index (χ3v) is 4.03. The van der Waals surface area contributed by atoms with E-state index in [-0.39, 0.29) is 17.6 Å². The van der Waals surface area contributed by atoms with Crippen molar-refractivity contribution in [3.05, 3.63) is 58.4 Å². The minimum Gasteiger partial charge on any atom is -0.507 e. The number of methoxy groups -OCH3 is 1. The Hall–Kier alpha value is -2.11. The first-order valence-corrected chi connectivity index (χ1v) is 7.79. The molecule has 0 spiro atoms. The van der Waals surface area contributed by atoms with Crippen LogP contribution >= 0.6 is 11.6 Å². The third kappa shape index (κ3) is 4.24. The van der Waals surface area contributed by atoms with Crippen LogP contribution in [-0.2, 0) is 0 Å². The zero-order valence-electron chi connectivity index (χ0n) is 13.8. The number of benzene rings is 2. The quantitative estimate of drug-likeness (QED) is 0.803. The zero-order valence-corrected chi connectivity index (χ0v) is 14.6. The highest BCUT2D eigenvalue weighted by atomic mass is 35.5. The molecule has 2 rings (SSSR count). The molecule has 2 aromatic carbocycles. The Kier molecular flexibility index (Phi) is 6.17. The average Bonchev–Trinajstić information content (AvgIpc) is 2.54. The second-order valence-electron chi connectivity index (χ2n) is 5.53. The van der Waals surface area contributed by atoms with Gasteiger partial charge in [-0.2, -0.15) is 0 Å². The van der Waals surface area contributed by atoms with Crippen molar-refractivity contribution in [2.24, 2.45) is 4.99 Å². The number of aromatic hydroxyl groups is 1. The lowest BCUT2D eigenvalue weighted by Crippen LogP contribution is -2.24. The summed E-state index contributed by atoms with van der Waals surface area (Å²) in [5.74, 6) is 0.362. The van der Waals surface area contributed by atoms with Crippen LogP contribution in [-0.4, -0.2) is 44.0 Å². The fourth-order valence-corrected chi connectivity index (χ4v) is 2.64. The van der Waals surface area contributed by atoms with Crippen LogP contribution in [0.3, 0.4) is 0 Å². The number of phenolic OH excluding ortho intramolecular Hbond substituents is 1. The predicted octanol–water partition coefficient (Wildman–Crippen LogP) is 3.92. The SMILES string of the molecule is COc1ccc(O)c(C=NC[C@@H](c2c(F)cccc2Cl)N(C)C)c1. The number of nitrogens with zero attached hydrogens (tertiary/aromatic N) is 2. The van der Waals surface area contributed by atoms with E-state index >= 15 is 0 Å². The van der Waals surface area contributed by atoms with Crippen molar-refractivity contribution in [2.45, 2.75) is 6.04 Å². The summed E-state index contributed by atoms with van der Waals surface area (Å²) in [4.78, 5) is 6.20. The molecule has 2 aromatic rings. The highest BCUT2D eigenvalue weighted by Crippen LogP contribution is 2.29. The van der Waals surface area contributed by atoms with Gasteiger partial charge in [-0.3, -0.25) is 4.99 Å². The molecule has 0 aromatic heterocycles. The maximum atomic E-state index is 14.2. The second-order valence-corrected chi connectivity index (χ2v) is 5.94. The van der Waals surface area contributed by atoms with Crippen LogP contribution in [0.1, 0.15) is 17.2 Å². The van der Waals surface area contributed by atoms with Gasteiger partial charge in [-0.15, -0.1) is 0 Å². The number of phenols is 1. The van der Waals surface area contributed by atoms with E-state index in [2.05, 4.69) is 4.99 Å². The normalized spacial score (nSPS) is 12.8. The lowest BCUT2D eigenvalue weighted by atomic mass is 10.1. The molecular weight excluding hydrogens is 331 g/mol. The Morgan fingerprint density at radius 3 is 2.71 bits per heavy atom. The highest BCUT2D eigenvalue weighted by molar-refractivity contribution is 6.31. The summed E-state index contributed by atoms with van der Waals surface area (Å²) in [6.07, 6.45) is 1.54. The molecule has 4 nitrogen and oxygen atoms in total. The van der Waals surface area contributed by atoms with Crippen LogP contribution < -0.4 is 4.74 Å². The number of hydrogen-bond acceptors (Lipinski definition) is 4. The van der Waals surface area contributed by atoms with Gasteiger partial charge in [0.25, 0.3) is 0 Å². The van der Waals surface area contributed by atoms with Gasteiger partial charge < -0.3 is 14.7 Å². The Morgan fingerprint density at radius 1 is 1.33 bits per heavy atom. The number of aliphatic imine (C=N–C) groups is 1. The lowest BCUT2D eigenvalue weighted by Gasteiger charge is -2.24. The van der Waals surface area contributed by atoms with E-state index in [9.17, 15) is 9.50 Å². The first-order valence-electron chi connectivity index (χ1n) is 7.41. The Morgan fingerprint density at radius 2 is 2.08 bits per heavy atom. The standard InChI is InChI=1S/C18H20ClFN2O2/c1-22(2)16(18-14(19)5-4-6-15(18)20)11-21-10-12-9-13(24-3)7-8-17(12)23/h4-10,16,23H,11H2,1-3H3/t16-/m0/s1. The van der Waals surface area contributed by atoms with Crippen molar-refractivity contribution in [1.82, 2.24) is 4.90 Å². The number of rotatable bonds is 6. The molecule has 1 atom stereocenters. The molecule has 0 radical (unpaired) electrons. The van der Waals surface area contributed by atoms with Gasteiger partial charge in [-0.25, -0.2) is 4.39 Å². The number of ether oxygens (including phenoxy) is 1. The molecule has 24 heavy (non-hydrogen) atoms. The van der Waals surface area contributed by atoms with Crippen molar-refractivity contribution < 1.29 is 14.2 Å². The molecule has 0 unspecified atom stereocenters. The van der Waals surface area contributed by atoms with Gasteiger partial charge in [0.05, 0.1) is 19.7 Å². The fraction of sp³-hybridized carbons (Fsp3) is 0.278. The topological polar surface area (TPSA) is 45.1 Å².